The monoisotopic (exact) mass is 649 g/mol. The summed E-state index contributed by atoms with van der Waals surface area (Å²) >= 11 is 0. The molecule has 0 unspecified atom stereocenters. The number of benzene rings is 2. The first kappa shape index (κ1) is 32.4. The van der Waals surface area contributed by atoms with E-state index in [1.165, 1.54) is 10.9 Å². The van der Waals surface area contributed by atoms with Crippen molar-refractivity contribution in [2.45, 2.75) is 64.0 Å². The number of ether oxygens (including phenoxy) is 2. The van der Waals surface area contributed by atoms with E-state index in [1.54, 1.807) is 34.1 Å². The number of halogens is 2. The smallest absolute Gasteiger partial charge is 0.410 e. The molecule has 2 aliphatic heterocycles. The first-order chi connectivity index (χ1) is 22.4. The number of hydrogen-bond acceptors (Lipinski definition) is 8. The Bertz CT molecular complexity index is 1760. The van der Waals surface area contributed by atoms with E-state index in [-0.39, 0.29) is 29.5 Å². The first-order valence-corrected chi connectivity index (χ1v) is 16.0. The molecule has 0 saturated carbocycles. The van der Waals surface area contributed by atoms with Gasteiger partial charge in [-0.1, -0.05) is 18.2 Å². The summed E-state index contributed by atoms with van der Waals surface area (Å²) in [7, 11) is 0. The number of amides is 1. The Kier molecular flexibility index (Phi) is 8.93. The topological polar surface area (TPSA) is 121 Å². The molecule has 4 aromatic rings. The number of alkyl halides is 2. The number of aromatic nitrogens is 4. The van der Waals surface area contributed by atoms with Crippen molar-refractivity contribution in [2.24, 2.45) is 5.92 Å². The second-order valence-electron chi connectivity index (χ2n) is 13.4. The fourth-order valence-electron chi connectivity index (χ4n) is 6.48. The molecule has 0 bridgehead atoms. The minimum absolute atomic E-state index is 0.0222. The van der Waals surface area contributed by atoms with Crippen molar-refractivity contribution in [2.75, 3.05) is 38.5 Å². The lowest BCUT2D eigenvalue weighted by Crippen LogP contribution is -2.51. The summed E-state index contributed by atoms with van der Waals surface area (Å²) in [5, 5.41) is 0. The number of rotatable bonds is 7. The van der Waals surface area contributed by atoms with E-state index in [1.807, 2.05) is 51.1 Å². The molecule has 2 fully saturated rings. The van der Waals surface area contributed by atoms with Crippen LogP contribution in [-0.2, 0) is 4.74 Å². The number of imidazole rings is 1. The van der Waals surface area contributed by atoms with Crippen LogP contribution >= 0.6 is 0 Å². The predicted octanol–water partition coefficient (Wildman–Crippen LogP) is 5.88. The van der Waals surface area contributed by atoms with Gasteiger partial charge in [-0.15, -0.1) is 0 Å². The Balaban J connectivity index is 1.15. The Morgan fingerprint density at radius 2 is 1.66 bits per heavy atom. The van der Waals surface area contributed by atoms with Gasteiger partial charge in [0.1, 0.15) is 35.0 Å². The summed E-state index contributed by atoms with van der Waals surface area (Å²) in [6.07, 6.45) is 3.32. The van der Waals surface area contributed by atoms with Crippen LogP contribution in [0.25, 0.3) is 16.9 Å². The van der Waals surface area contributed by atoms with Gasteiger partial charge in [0.05, 0.1) is 12.2 Å². The molecule has 0 radical (unpaired) electrons. The van der Waals surface area contributed by atoms with E-state index in [4.69, 9.17) is 15.2 Å². The molecule has 13 heteroatoms. The fraction of sp³-hybridized carbons (Fsp3) is 0.471. The Morgan fingerprint density at radius 1 is 0.979 bits per heavy atom. The lowest BCUT2D eigenvalue weighted by atomic mass is 9.92. The minimum atomic E-state index is -3.20. The Hall–Kier alpha value is -4.52. The number of nitrogen functional groups attached to an aromatic ring is 1. The summed E-state index contributed by atoms with van der Waals surface area (Å²) < 4.78 is 45.7. The third-order valence-electron chi connectivity index (χ3n) is 8.83. The number of fused-ring (bicyclic) bond motifs is 1. The highest BCUT2D eigenvalue weighted by molar-refractivity contribution is 5.84. The van der Waals surface area contributed by atoms with E-state index in [0.29, 0.717) is 49.3 Å². The number of anilines is 1. The normalized spacial score (nSPS) is 19.2. The van der Waals surface area contributed by atoms with Crippen LogP contribution in [-0.4, -0.2) is 79.2 Å². The Morgan fingerprint density at radius 3 is 2.32 bits per heavy atom. The molecule has 6 rings (SSSR count). The van der Waals surface area contributed by atoms with Gasteiger partial charge in [0.2, 0.25) is 0 Å². The molecule has 47 heavy (non-hydrogen) atoms. The summed E-state index contributed by atoms with van der Waals surface area (Å²) in [6, 6.07) is 14.6. The molecule has 0 aliphatic carbocycles. The molecule has 2 aromatic carbocycles. The lowest BCUT2D eigenvalue weighted by Gasteiger charge is -2.39. The lowest BCUT2D eigenvalue weighted by molar-refractivity contribution is -0.104. The molecule has 11 nitrogen and oxygen atoms in total. The highest BCUT2D eigenvalue weighted by Crippen LogP contribution is 2.38. The third kappa shape index (κ3) is 7.09. The van der Waals surface area contributed by atoms with E-state index >= 15 is 8.78 Å². The van der Waals surface area contributed by atoms with Gasteiger partial charge in [-0.05, 0) is 95.3 Å². The van der Waals surface area contributed by atoms with E-state index < -0.39 is 29.8 Å². The quantitative estimate of drug-likeness (QED) is 0.264. The van der Waals surface area contributed by atoms with Gasteiger partial charge in [0, 0.05) is 19.6 Å². The average molecular weight is 650 g/mol. The number of carbonyl (C=O) groups excluding carboxylic acids is 1. The molecule has 2 aromatic heterocycles. The number of nitrogens with two attached hydrogens (primary N) is 1. The van der Waals surface area contributed by atoms with Gasteiger partial charge in [-0.25, -0.2) is 28.3 Å². The number of carbonyl (C=O) groups is 1. The highest BCUT2D eigenvalue weighted by atomic mass is 19.3. The maximum atomic E-state index is 16.0. The zero-order valence-electron chi connectivity index (χ0n) is 26.9. The molecule has 2 saturated heterocycles. The van der Waals surface area contributed by atoms with Gasteiger partial charge in [-0.2, -0.15) is 0 Å². The minimum Gasteiger partial charge on any atom is -0.457 e. The largest absolute Gasteiger partial charge is 0.457 e. The third-order valence-corrected chi connectivity index (χ3v) is 8.83. The zero-order valence-corrected chi connectivity index (χ0v) is 26.9. The van der Waals surface area contributed by atoms with Gasteiger partial charge >= 0.3 is 11.8 Å². The maximum Gasteiger partial charge on any atom is 0.410 e. The van der Waals surface area contributed by atoms with Crippen LogP contribution < -0.4 is 16.2 Å². The van der Waals surface area contributed by atoms with Gasteiger partial charge in [0.25, 0.3) is 5.92 Å². The number of hydrogen-bond donors (Lipinski definition) is 1. The fourth-order valence-corrected chi connectivity index (χ4v) is 6.48. The van der Waals surface area contributed by atoms with Crippen molar-refractivity contribution >= 4 is 23.1 Å². The van der Waals surface area contributed by atoms with Gasteiger partial charge in [0.15, 0.2) is 11.5 Å². The van der Waals surface area contributed by atoms with Crippen molar-refractivity contribution < 1.29 is 23.0 Å². The SMILES string of the molecule is CC(C)(C)OC(=O)N1CCC(CCN2CC[C@@H](n3c(=O)n(-c4ccc(Oc5ccccc5)cc4)c4c(N)ncnc43)C(F)(F)C2)CC1. The maximum absolute atomic E-state index is 16.0. The average Bonchev–Trinajstić information content (AvgIpc) is 3.32. The van der Waals surface area contributed by atoms with Crippen molar-refractivity contribution in [1.29, 1.82) is 0 Å². The number of para-hydroxylation sites is 1. The molecular weight excluding hydrogens is 608 g/mol. The van der Waals surface area contributed by atoms with Crippen LogP contribution in [0.3, 0.4) is 0 Å². The van der Waals surface area contributed by atoms with Crippen LogP contribution in [0, 0.1) is 5.92 Å². The molecule has 2 aliphatic rings. The summed E-state index contributed by atoms with van der Waals surface area (Å²) in [5.41, 5.74) is 5.70. The van der Waals surface area contributed by atoms with Crippen molar-refractivity contribution in [3.8, 4) is 17.2 Å². The van der Waals surface area contributed by atoms with Gasteiger partial charge in [-0.3, -0.25) is 14.0 Å². The molecular formula is C34H41F2N7O4. The van der Waals surface area contributed by atoms with E-state index in [0.717, 1.165) is 23.8 Å². The molecule has 1 atom stereocenters. The highest BCUT2D eigenvalue weighted by Gasteiger charge is 2.47. The second-order valence-corrected chi connectivity index (χ2v) is 13.4. The molecule has 0 spiro atoms. The molecule has 2 N–H and O–H groups in total. The van der Waals surface area contributed by atoms with Crippen LogP contribution in [0.2, 0.25) is 0 Å². The predicted molar refractivity (Wildman–Crippen MR) is 174 cm³/mol. The van der Waals surface area contributed by atoms with Crippen LogP contribution in [0.5, 0.6) is 11.5 Å². The van der Waals surface area contributed by atoms with Crippen molar-refractivity contribution in [3.63, 3.8) is 0 Å². The number of piperidine rings is 2. The van der Waals surface area contributed by atoms with Crippen LogP contribution in [0.15, 0.2) is 65.7 Å². The summed E-state index contributed by atoms with van der Waals surface area (Å²) in [6.45, 7) is 7.17. The van der Waals surface area contributed by atoms with Crippen LogP contribution in [0.4, 0.5) is 19.4 Å². The second kappa shape index (κ2) is 12.9. The molecule has 250 valence electrons. The first-order valence-electron chi connectivity index (χ1n) is 16.0. The van der Waals surface area contributed by atoms with Crippen molar-refractivity contribution in [3.05, 3.63) is 71.4 Å². The van der Waals surface area contributed by atoms with Crippen LogP contribution in [0.1, 0.15) is 52.5 Å². The summed E-state index contributed by atoms with van der Waals surface area (Å²) in [4.78, 5) is 38.2. The number of likely N-dealkylation sites (tertiary alicyclic amines) is 2. The molecule has 4 heterocycles. The van der Waals surface area contributed by atoms with E-state index in [9.17, 15) is 9.59 Å². The Labute approximate surface area is 271 Å². The standard InChI is InChI=1S/C34H41F2N7O4/c1-33(2,3)47-32(45)41-19-14-23(15-20-41)13-17-40-18-16-27(34(35,36)21-40)43-30-28(29(37)38-22-39-30)42(31(43)44)24-9-11-26(12-10-24)46-25-7-5-4-6-8-25/h4-12,22-23,27H,13-21H2,1-3H3,(H2,37,38,39)/t27-/m1/s1. The van der Waals surface area contributed by atoms with E-state index in [2.05, 4.69) is 9.97 Å². The summed E-state index contributed by atoms with van der Waals surface area (Å²) in [5.74, 6) is -1.63. The molecule has 1 amide bonds. The number of nitrogens with zero attached hydrogens (tertiary/aromatic N) is 6. The van der Waals surface area contributed by atoms with Crippen molar-refractivity contribution in [1.82, 2.24) is 28.9 Å². The zero-order chi connectivity index (χ0) is 33.3. The van der Waals surface area contributed by atoms with Gasteiger partial charge < -0.3 is 20.1 Å².